The Morgan fingerprint density at radius 1 is 1.40 bits per heavy atom. The molecule has 0 aliphatic carbocycles. The van der Waals surface area contributed by atoms with Gasteiger partial charge in [-0.2, -0.15) is 0 Å². The summed E-state index contributed by atoms with van der Waals surface area (Å²) in [6.45, 7) is 2.70. The van der Waals surface area contributed by atoms with Crippen molar-refractivity contribution in [1.29, 1.82) is 0 Å². The van der Waals surface area contributed by atoms with Crippen LogP contribution in [0.15, 0.2) is 0 Å². The molecule has 0 aromatic carbocycles. The molecule has 114 valence electrons. The molecule has 0 aromatic heterocycles. The fourth-order valence-corrected chi connectivity index (χ4v) is 4.15. The normalized spacial score (nSPS) is 30.0. The summed E-state index contributed by atoms with van der Waals surface area (Å²) in [5, 5.41) is 18.1. The smallest absolute Gasteiger partial charge is 0.327 e. The summed E-state index contributed by atoms with van der Waals surface area (Å²) in [6, 6.07) is -0.737. The zero-order valence-electron chi connectivity index (χ0n) is 11.7. The Bertz CT molecular complexity index is 379. The molecule has 2 amide bonds. The van der Waals surface area contributed by atoms with Crippen LogP contribution in [0.5, 0.6) is 0 Å². The Balaban J connectivity index is 2.06. The maximum absolute atomic E-state index is 12.7. The number of aliphatic hydroxyl groups excluding tert-OH is 1. The molecule has 0 spiro atoms. The molecule has 0 saturated carbocycles. The van der Waals surface area contributed by atoms with Crippen LogP contribution in [-0.4, -0.2) is 68.4 Å². The molecule has 2 N–H and O–H groups in total. The second-order valence-electron chi connectivity index (χ2n) is 5.33. The Labute approximate surface area is 123 Å². The van der Waals surface area contributed by atoms with Crippen molar-refractivity contribution in [3.05, 3.63) is 0 Å². The fourth-order valence-electron chi connectivity index (χ4n) is 2.99. The van der Waals surface area contributed by atoms with Gasteiger partial charge in [0.05, 0.1) is 5.37 Å². The molecule has 7 heteroatoms. The van der Waals surface area contributed by atoms with Crippen LogP contribution in [0.2, 0.25) is 0 Å². The van der Waals surface area contributed by atoms with E-state index in [4.69, 9.17) is 5.11 Å². The van der Waals surface area contributed by atoms with E-state index in [1.54, 1.807) is 4.90 Å². The van der Waals surface area contributed by atoms with Crippen LogP contribution in [0, 0.1) is 0 Å². The monoisotopic (exact) mass is 302 g/mol. The summed E-state index contributed by atoms with van der Waals surface area (Å²) in [5.41, 5.74) is 0. The lowest BCUT2D eigenvalue weighted by molar-refractivity contribution is -0.141. The van der Waals surface area contributed by atoms with Gasteiger partial charge in [0.1, 0.15) is 6.04 Å². The zero-order chi connectivity index (χ0) is 14.7. The summed E-state index contributed by atoms with van der Waals surface area (Å²) in [5.74, 6) is -0.474. The minimum atomic E-state index is -0.929. The average molecular weight is 302 g/mol. The molecule has 0 aromatic rings. The second-order valence-corrected chi connectivity index (χ2v) is 6.68. The van der Waals surface area contributed by atoms with Crippen molar-refractivity contribution in [2.75, 3.05) is 18.9 Å². The predicted molar refractivity (Wildman–Crippen MR) is 76.6 cm³/mol. The van der Waals surface area contributed by atoms with Gasteiger partial charge in [0.15, 0.2) is 0 Å². The fraction of sp³-hybridized carbons (Fsp3) is 0.846. The first-order valence-corrected chi connectivity index (χ1v) is 8.15. The molecule has 2 aliphatic rings. The standard InChI is InChI=1S/C13H22N2O4S/c1-9-15(11(8-20-9)12(17)18)13(19)14-6-2-4-10(14)5-3-7-16/h9-11,16H,2-8H2,1H3,(H,17,18). The van der Waals surface area contributed by atoms with E-state index in [-0.39, 0.29) is 24.1 Å². The van der Waals surface area contributed by atoms with Gasteiger partial charge in [-0.1, -0.05) is 0 Å². The van der Waals surface area contributed by atoms with Crippen LogP contribution in [0.1, 0.15) is 32.6 Å². The molecule has 0 radical (unpaired) electrons. The van der Waals surface area contributed by atoms with Crippen molar-refractivity contribution in [2.24, 2.45) is 0 Å². The summed E-state index contributed by atoms with van der Waals surface area (Å²) >= 11 is 1.51. The van der Waals surface area contributed by atoms with Gasteiger partial charge in [0.25, 0.3) is 0 Å². The molecular formula is C13H22N2O4S. The van der Waals surface area contributed by atoms with Crippen molar-refractivity contribution >= 4 is 23.8 Å². The first-order chi connectivity index (χ1) is 9.56. The van der Waals surface area contributed by atoms with Crippen LogP contribution in [0.4, 0.5) is 4.79 Å². The van der Waals surface area contributed by atoms with E-state index in [1.807, 2.05) is 6.92 Å². The van der Waals surface area contributed by atoms with Crippen LogP contribution >= 0.6 is 11.8 Å². The number of hydrogen-bond acceptors (Lipinski definition) is 4. The Morgan fingerprint density at radius 2 is 2.15 bits per heavy atom. The van der Waals surface area contributed by atoms with Crippen molar-refractivity contribution < 1.29 is 19.8 Å². The second kappa shape index (κ2) is 6.67. The van der Waals surface area contributed by atoms with Gasteiger partial charge in [-0.25, -0.2) is 9.59 Å². The van der Waals surface area contributed by atoms with Gasteiger partial charge in [-0.05, 0) is 32.6 Å². The lowest BCUT2D eigenvalue weighted by Gasteiger charge is -2.33. The molecule has 2 rings (SSSR count). The number of nitrogens with zero attached hydrogens (tertiary/aromatic N) is 2. The zero-order valence-corrected chi connectivity index (χ0v) is 12.5. The number of rotatable bonds is 4. The molecule has 20 heavy (non-hydrogen) atoms. The number of urea groups is 1. The molecule has 2 heterocycles. The maximum Gasteiger partial charge on any atom is 0.327 e. The summed E-state index contributed by atoms with van der Waals surface area (Å²) in [4.78, 5) is 27.2. The lowest BCUT2D eigenvalue weighted by Crippen LogP contribution is -2.52. The van der Waals surface area contributed by atoms with E-state index >= 15 is 0 Å². The SMILES string of the molecule is CC1SCC(C(=O)O)N1C(=O)N1CCCC1CCCO. The quantitative estimate of drug-likeness (QED) is 0.815. The van der Waals surface area contributed by atoms with E-state index < -0.39 is 12.0 Å². The van der Waals surface area contributed by atoms with E-state index in [0.29, 0.717) is 18.7 Å². The van der Waals surface area contributed by atoms with E-state index in [1.165, 1.54) is 16.7 Å². The van der Waals surface area contributed by atoms with Crippen LogP contribution in [-0.2, 0) is 4.79 Å². The number of amides is 2. The largest absolute Gasteiger partial charge is 0.480 e. The van der Waals surface area contributed by atoms with Crippen molar-refractivity contribution in [3.8, 4) is 0 Å². The molecule has 0 bridgehead atoms. The summed E-state index contributed by atoms with van der Waals surface area (Å²) in [6.07, 6.45) is 3.37. The first-order valence-electron chi connectivity index (χ1n) is 7.10. The highest BCUT2D eigenvalue weighted by molar-refractivity contribution is 8.00. The average Bonchev–Trinajstić information content (AvgIpc) is 3.01. The summed E-state index contributed by atoms with van der Waals surface area (Å²) in [7, 11) is 0. The third-order valence-corrected chi connectivity index (χ3v) is 5.26. The number of aliphatic hydroxyl groups is 1. The number of carbonyl (C=O) groups is 2. The Morgan fingerprint density at radius 3 is 2.80 bits per heavy atom. The third-order valence-electron chi connectivity index (χ3n) is 4.05. The third kappa shape index (κ3) is 3.03. The molecular weight excluding hydrogens is 280 g/mol. The minimum Gasteiger partial charge on any atom is -0.480 e. The topological polar surface area (TPSA) is 81.1 Å². The highest BCUT2D eigenvalue weighted by Crippen LogP contribution is 2.32. The minimum absolute atomic E-state index is 0.0947. The first kappa shape index (κ1) is 15.4. The molecule has 2 aliphatic heterocycles. The molecule has 2 fully saturated rings. The van der Waals surface area contributed by atoms with Crippen LogP contribution < -0.4 is 0 Å². The van der Waals surface area contributed by atoms with E-state index in [0.717, 1.165) is 19.3 Å². The van der Waals surface area contributed by atoms with E-state index in [9.17, 15) is 14.7 Å². The summed E-state index contributed by atoms with van der Waals surface area (Å²) < 4.78 is 0. The number of aliphatic carboxylic acids is 1. The number of carboxylic acid groups (broad SMARTS) is 1. The van der Waals surface area contributed by atoms with Crippen LogP contribution in [0.25, 0.3) is 0 Å². The Kier molecular flexibility index (Phi) is 5.15. The van der Waals surface area contributed by atoms with E-state index in [2.05, 4.69) is 0 Å². The Hall–Kier alpha value is -0.950. The van der Waals surface area contributed by atoms with Crippen molar-refractivity contribution in [2.45, 2.75) is 50.1 Å². The number of thioether (sulfide) groups is 1. The molecule has 6 nitrogen and oxygen atoms in total. The van der Waals surface area contributed by atoms with Crippen LogP contribution in [0.3, 0.4) is 0 Å². The number of likely N-dealkylation sites (tertiary alicyclic amines) is 1. The lowest BCUT2D eigenvalue weighted by atomic mass is 10.1. The van der Waals surface area contributed by atoms with Gasteiger partial charge >= 0.3 is 12.0 Å². The van der Waals surface area contributed by atoms with Gasteiger partial charge in [-0.15, -0.1) is 11.8 Å². The van der Waals surface area contributed by atoms with Gasteiger partial charge in [0, 0.05) is 24.9 Å². The molecule has 3 atom stereocenters. The van der Waals surface area contributed by atoms with Gasteiger partial charge in [-0.3, -0.25) is 4.90 Å². The van der Waals surface area contributed by atoms with Gasteiger partial charge in [0.2, 0.25) is 0 Å². The number of carboxylic acids is 1. The number of carbonyl (C=O) groups excluding carboxylic acids is 1. The molecule has 2 saturated heterocycles. The predicted octanol–water partition coefficient (Wildman–Crippen LogP) is 1.19. The highest BCUT2D eigenvalue weighted by Gasteiger charge is 2.43. The molecule has 3 unspecified atom stereocenters. The highest BCUT2D eigenvalue weighted by atomic mass is 32.2. The number of hydrogen-bond donors (Lipinski definition) is 2. The van der Waals surface area contributed by atoms with Gasteiger partial charge < -0.3 is 15.1 Å². The van der Waals surface area contributed by atoms with Crippen molar-refractivity contribution in [1.82, 2.24) is 9.80 Å². The maximum atomic E-state index is 12.7. The van der Waals surface area contributed by atoms with Crippen molar-refractivity contribution in [3.63, 3.8) is 0 Å².